The molecule has 0 aliphatic rings. The number of alkyl halides is 4. The molecule has 1 nitrogen and oxygen atoms in total. The van der Waals surface area contributed by atoms with Crippen LogP contribution in [0.5, 0.6) is 5.75 Å². The van der Waals surface area contributed by atoms with Crippen molar-refractivity contribution in [3.63, 3.8) is 0 Å². The van der Waals surface area contributed by atoms with E-state index in [1.54, 1.807) is 12.1 Å². The summed E-state index contributed by atoms with van der Waals surface area (Å²) in [5.74, 6) is 0.641. The van der Waals surface area contributed by atoms with Gasteiger partial charge in [-0.05, 0) is 36.6 Å². The first kappa shape index (κ1) is 16.9. The highest BCUT2D eigenvalue weighted by molar-refractivity contribution is 9.09. The van der Waals surface area contributed by atoms with Crippen LogP contribution < -0.4 is 4.74 Å². The molecule has 0 N–H and O–H groups in total. The number of rotatable bonds is 5. The Bertz CT molecular complexity index is 638. The van der Waals surface area contributed by atoms with E-state index in [0.717, 1.165) is 29.4 Å². The van der Waals surface area contributed by atoms with Crippen molar-refractivity contribution in [3.05, 3.63) is 53.6 Å². The van der Waals surface area contributed by atoms with E-state index in [9.17, 15) is 13.2 Å². The van der Waals surface area contributed by atoms with Gasteiger partial charge in [-0.3, -0.25) is 0 Å². The fourth-order valence-electron chi connectivity index (χ4n) is 2.16. The average molecular weight is 373 g/mol. The number of hydrogen-bond acceptors (Lipinski definition) is 1. The van der Waals surface area contributed by atoms with E-state index in [1.165, 1.54) is 6.07 Å². The molecule has 2 aromatic carbocycles. The molecule has 2 aromatic rings. The SMILES string of the molecule is Cc1cccc(-c2cccc(C(F)(F)F)c2)c1OCCCBr. The molecule has 0 radical (unpaired) electrons. The van der Waals surface area contributed by atoms with Gasteiger partial charge in [0, 0.05) is 10.9 Å². The molecule has 0 unspecified atom stereocenters. The van der Waals surface area contributed by atoms with Gasteiger partial charge in [0.25, 0.3) is 0 Å². The van der Waals surface area contributed by atoms with Crippen molar-refractivity contribution >= 4 is 15.9 Å². The maximum Gasteiger partial charge on any atom is 0.416 e. The van der Waals surface area contributed by atoms with Crippen molar-refractivity contribution in [1.82, 2.24) is 0 Å². The van der Waals surface area contributed by atoms with Crippen LogP contribution >= 0.6 is 15.9 Å². The van der Waals surface area contributed by atoms with E-state index in [2.05, 4.69) is 15.9 Å². The van der Waals surface area contributed by atoms with Crippen LogP contribution in [0.1, 0.15) is 17.5 Å². The van der Waals surface area contributed by atoms with Gasteiger partial charge in [-0.2, -0.15) is 13.2 Å². The largest absolute Gasteiger partial charge is 0.493 e. The Hall–Kier alpha value is -1.49. The van der Waals surface area contributed by atoms with Gasteiger partial charge in [0.05, 0.1) is 12.2 Å². The number of ether oxygens (including phenoxy) is 1. The molecular weight excluding hydrogens is 357 g/mol. The summed E-state index contributed by atoms with van der Waals surface area (Å²) >= 11 is 3.33. The van der Waals surface area contributed by atoms with Gasteiger partial charge < -0.3 is 4.74 Å². The first-order valence-corrected chi connectivity index (χ1v) is 8.01. The van der Waals surface area contributed by atoms with Crippen LogP contribution in [0.2, 0.25) is 0 Å². The molecule has 5 heteroatoms. The van der Waals surface area contributed by atoms with E-state index < -0.39 is 11.7 Å². The van der Waals surface area contributed by atoms with Crippen LogP contribution in [0.3, 0.4) is 0 Å². The molecule has 0 saturated carbocycles. The van der Waals surface area contributed by atoms with Crippen LogP contribution in [0.25, 0.3) is 11.1 Å². The Balaban J connectivity index is 2.42. The van der Waals surface area contributed by atoms with Gasteiger partial charge in [0.15, 0.2) is 0 Å². The van der Waals surface area contributed by atoms with Crippen molar-refractivity contribution in [3.8, 4) is 16.9 Å². The van der Waals surface area contributed by atoms with E-state index in [-0.39, 0.29) is 0 Å². The quantitative estimate of drug-likeness (QED) is 0.472. The molecule has 22 heavy (non-hydrogen) atoms. The van der Waals surface area contributed by atoms with Gasteiger partial charge in [-0.1, -0.05) is 46.3 Å². The van der Waals surface area contributed by atoms with Crippen LogP contribution in [-0.2, 0) is 6.18 Å². The third-order valence-electron chi connectivity index (χ3n) is 3.24. The predicted molar refractivity (Wildman–Crippen MR) is 85.5 cm³/mol. The zero-order chi connectivity index (χ0) is 16.2. The molecule has 118 valence electrons. The lowest BCUT2D eigenvalue weighted by molar-refractivity contribution is -0.137. The summed E-state index contributed by atoms with van der Waals surface area (Å²) in [5, 5.41) is 0.817. The van der Waals surface area contributed by atoms with E-state index in [0.29, 0.717) is 23.5 Å². The second-order valence-electron chi connectivity index (χ2n) is 4.92. The number of hydrogen-bond donors (Lipinski definition) is 0. The van der Waals surface area contributed by atoms with Crippen LogP contribution in [0.4, 0.5) is 13.2 Å². The summed E-state index contributed by atoms with van der Waals surface area (Å²) in [4.78, 5) is 0. The molecule has 0 atom stereocenters. The summed E-state index contributed by atoms with van der Waals surface area (Å²) in [7, 11) is 0. The number of aryl methyl sites for hydroxylation is 1. The topological polar surface area (TPSA) is 9.23 Å². The minimum Gasteiger partial charge on any atom is -0.493 e. The Morgan fingerprint density at radius 3 is 2.50 bits per heavy atom. The standard InChI is InChI=1S/C17H16BrF3O/c1-12-5-2-8-15(16(12)22-10-4-9-18)13-6-3-7-14(11-13)17(19,20)21/h2-3,5-8,11H,4,9-10H2,1H3. The maximum absolute atomic E-state index is 12.9. The zero-order valence-electron chi connectivity index (χ0n) is 12.1. The second kappa shape index (κ2) is 7.18. The summed E-state index contributed by atoms with van der Waals surface area (Å²) in [5.41, 5.74) is 1.44. The third-order valence-corrected chi connectivity index (χ3v) is 3.80. The summed E-state index contributed by atoms with van der Waals surface area (Å²) in [6, 6.07) is 10.8. The van der Waals surface area contributed by atoms with Gasteiger partial charge in [-0.15, -0.1) is 0 Å². The summed E-state index contributed by atoms with van der Waals surface area (Å²) < 4.78 is 44.4. The lowest BCUT2D eigenvalue weighted by atomic mass is 10.00. The molecule has 2 rings (SSSR count). The molecule has 0 aromatic heterocycles. The molecule has 0 aliphatic heterocycles. The third kappa shape index (κ3) is 4.03. The highest BCUT2D eigenvalue weighted by Crippen LogP contribution is 2.36. The van der Waals surface area contributed by atoms with E-state index in [1.807, 2.05) is 19.1 Å². The van der Waals surface area contributed by atoms with Gasteiger partial charge in [0.2, 0.25) is 0 Å². The van der Waals surface area contributed by atoms with Crippen LogP contribution in [0, 0.1) is 6.92 Å². The lowest BCUT2D eigenvalue weighted by Gasteiger charge is -2.15. The van der Waals surface area contributed by atoms with Crippen LogP contribution in [0.15, 0.2) is 42.5 Å². The highest BCUT2D eigenvalue weighted by Gasteiger charge is 2.30. The Kier molecular flexibility index (Phi) is 5.51. The van der Waals surface area contributed by atoms with Crippen molar-refractivity contribution in [2.75, 3.05) is 11.9 Å². The summed E-state index contributed by atoms with van der Waals surface area (Å²) in [6.07, 6.45) is -3.52. The van der Waals surface area contributed by atoms with Crippen molar-refractivity contribution in [2.45, 2.75) is 19.5 Å². The van der Waals surface area contributed by atoms with Crippen molar-refractivity contribution < 1.29 is 17.9 Å². The molecular formula is C17H16BrF3O. The minimum absolute atomic E-state index is 0.507. The molecule has 0 aliphatic carbocycles. The number of halogens is 4. The fourth-order valence-corrected chi connectivity index (χ4v) is 2.39. The molecule has 0 bridgehead atoms. The molecule has 0 saturated heterocycles. The fraction of sp³-hybridized carbons (Fsp3) is 0.294. The van der Waals surface area contributed by atoms with Gasteiger partial charge in [-0.25, -0.2) is 0 Å². The van der Waals surface area contributed by atoms with Crippen LogP contribution in [-0.4, -0.2) is 11.9 Å². The monoisotopic (exact) mass is 372 g/mol. The van der Waals surface area contributed by atoms with Gasteiger partial charge in [0.1, 0.15) is 5.75 Å². The molecule has 0 amide bonds. The van der Waals surface area contributed by atoms with Crippen molar-refractivity contribution in [1.29, 1.82) is 0 Å². The first-order valence-electron chi connectivity index (χ1n) is 6.89. The zero-order valence-corrected chi connectivity index (χ0v) is 13.7. The van der Waals surface area contributed by atoms with E-state index in [4.69, 9.17) is 4.74 Å². The smallest absolute Gasteiger partial charge is 0.416 e. The average Bonchev–Trinajstić information content (AvgIpc) is 2.48. The number of benzene rings is 2. The Morgan fingerprint density at radius 1 is 1.09 bits per heavy atom. The van der Waals surface area contributed by atoms with Gasteiger partial charge >= 0.3 is 6.18 Å². The predicted octanol–water partition coefficient (Wildman–Crippen LogP) is 5.84. The normalized spacial score (nSPS) is 11.5. The van der Waals surface area contributed by atoms with E-state index >= 15 is 0 Å². The molecule has 0 fully saturated rings. The maximum atomic E-state index is 12.9. The highest BCUT2D eigenvalue weighted by atomic mass is 79.9. The Labute approximate surface area is 136 Å². The minimum atomic E-state index is -4.35. The lowest BCUT2D eigenvalue weighted by Crippen LogP contribution is -2.05. The van der Waals surface area contributed by atoms with Crippen molar-refractivity contribution in [2.24, 2.45) is 0 Å². The molecule has 0 heterocycles. The first-order chi connectivity index (χ1) is 10.4. The number of para-hydroxylation sites is 1. The Morgan fingerprint density at radius 2 is 1.82 bits per heavy atom. The summed E-state index contributed by atoms with van der Waals surface area (Å²) in [6.45, 7) is 2.41. The molecule has 0 spiro atoms. The second-order valence-corrected chi connectivity index (χ2v) is 5.71.